The average molecular weight is 524 g/mol. The number of carbonyl (C=O) groups excluding carboxylic acids is 1. The first-order valence-corrected chi connectivity index (χ1v) is 13.8. The minimum Gasteiger partial charge on any atom is -0.353 e. The molecule has 0 aromatic carbocycles. The summed E-state index contributed by atoms with van der Waals surface area (Å²) in [6.45, 7) is 7.15. The number of nitrogens with zero attached hydrogens (tertiary/aromatic N) is 9. The van der Waals surface area contributed by atoms with Crippen molar-refractivity contribution in [1.82, 2.24) is 34.3 Å². The predicted octanol–water partition coefficient (Wildman–Crippen LogP) is 4.34. The molecule has 5 heterocycles. The van der Waals surface area contributed by atoms with E-state index in [1.54, 1.807) is 16.9 Å². The van der Waals surface area contributed by atoms with Gasteiger partial charge in [0.05, 0.1) is 30.0 Å². The molecule has 4 aromatic heterocycles. The molecular formula is C29H33N9O. The maximum Gasteiger partial charge on any atom is 0.225 e. The Labute approximate surface area is 227 Å². The molecule has 10 nitrogen and oxygen atoms in total. The van der Waals surface area contributed by atoms with Crippen molar-refractivity contribution in [1.29, 1.82) is 5.26 Å². The molecule has 1 aliphatic heterocycles. The molecule has 10 heteroatoms. The van der Waals surface area contributed by atoms with Crippen LogP contribution in [0.3, 0.4) is 0 Å². The van der Waals surface area contributed by atoms with Gasteiger partial charge in [-0.25, -0.2) is 14.5 Å². The minimum absolute atomic E-state index is 0.212. The van der Waals surface area contributed by atoms with Crippen molar-refractivity contribution in [2.45, 2.75) is 52.0 Å². The largest absolute Gasteiger partial charge is 0.353 e. The summed E-state index contributed by atoms with van der Waals surface area (Å²) in [5.41, 5.74) is 4.18. The van der Waals surface area contributed by atoms with Gasteiger partial charge >= 0.3 is 0 Å². The van der Waals surface area contributed by atoms with E-state index in [4.69, 9.17) is 9.97 Å². The van der Waals surface area contributed by atoms with Crippen LogP contribution < -0.4 is 4.90 Å². The van der Waals surface area contributed by atoms with Gasteiger partial charge in [0.1, 0.15) is 23.0 Å². The Hall–Kier alpha value is -4.26. The number of anilines is 1. The van der Waals surface area contributed by atoms with Crippen LogP contribution in [0.5, 0.6) is 0 Å². The topological polar surface area (TPSA) is 108 Å². The van der Waals surface area contributed by atoms with E-state index in [2.05, 4.69) is 35.0 Å². The van der Waals surface area contributed by atoms with E-state index in [0.29, 0.717) is 22.7 Å². The second-order valence-corrected chi connectivity index (χ2v) is 10.8. The van der Waals surface area contributed by atoms with Gasteiger partial charge in [0.2, 0.25) is 5.91 Å². The SMILES string of the molecule is CC(C)n1cc(-c2cn3ncc(C#N)c3c(-c3ccc(N4CCN(C(=O)C5CCCCC5)CC4)nc3)n2)cn1. The van der Waals surface area contributed by atoms with Crippen molar-refractivity contribution in [3.05, 3.63) is 48.7 Å². The van der Waals surface area contributed by atoms with Crippen LogP contribution in [-0.2, 0) is 4.79 Å². The Morgan fingerprint density at radius 2 is 1.77 bits per heavy atom. The molecule has 200 valence electrons. The first kappa shape index (κ1) is 25.0. The van der Waals surface area contributed by atoms with Gasteiger partial charge in [0, 0.05) is 61.7 Å². The third-order valence-corrected chi connectivity index (χ3v) is 7.93. The van der Waals surface area contributed by atoms with Gasteiger partial charge in [-0.05, 0) is 38.8 Å². The monoisotopic (exact) mass is 523 g/mol. The lowest BCUT2D eigenvalue weighted by molar-refractivity contribution is -0.136. The zero-order valence-electron chi connectivity index (χ0n) is 22.5. The summed E-state index contributed by atoms with van der Waals surface area (Å²) in [4.78, 5) is 26.9. The maximum absolute atomic E-state index is 12.9. The fourth-order valence-electron chi connectivity index (χ4n) is 5.67. The molecule has 0 spiro atoms. The van der Waals surface area contributed by atoms with Gasteiger partial charge in [-0.1, -0.05) is 19.3 Å². The first-order valence-electron chi connectivity index (χ1n) is 13.8. The molecule has 39 heavy (non-hydrogen) atoms. The summed E-state index contributed by atoms with van der Waals surface area (Å²) in [5, 5.41) is 18.6. The molecule has 0 unspecified atom stereocenters. The number of aromatic nitrogens is 6. The first-order chi connectivity index (χ1) is 19.0. The van der Waals surface area contributed by atoms with E-state index in [1.807, 2.05) is 40.3 Å². The number of amides is 1. The molecule has 2 aliphatic rings. The van der Waals surface area contributed by atoms with Crippen LogP contribution in [0.15, 0.2) is 43.1 Å². The standard InChI is InChI=1S/C29H33N9O/c1-20(2)37-18-24(17-32-37)25-19-38-28(23(14-30)16-33-38)27(34-25)22-8-9-26(31-15-22)35-10-12-36(13-11-35)29(39)21-6-4-3-5-7-21/h8-9,15-21H,3-7,10-13H2,1-2H3. The predicted molar refractivity (Wildman–Crippen MR) is 148 cm³/mol. The smallest absolute Gasteiger partial charge is 0.225 e. The molecule has 1 saturated heterocycles. The molecule has 0 bridgehead atoms. The lowest BCUT2D eigenvalue weighted by Gasteiger charge is -2.37. The van der Waals surface area contributed by atoms with Crippen molar-refractivity contribution < 1.29 is 4.79 Å². The molecule has 2 fully saturated rings. The highest BCUT2D eigenvalue weighted by molar-refractivity contribution is 5.83. The van der Waals surface area contributed by atoms with E-state index < -0.39 is 0 Å². The highest BCUT2D eigenvalue weighted by atomic mass is 16.2. The van der Waals surface area contributed by atoms with E-state index in [-0.39, 0.29) is 12.0 Å². The van der Waals surface area contributed by atoms with Gasteiger partial charge in [-0.2, -0.15) is 15.5 Å². The fraction of sp³-hybridized carbons (Fsp3) is 0.448. The molecule has 0 radical (unpaired) electrons. The van der Waals surface area contributed by atoms with E-state index in [0.717, 1.165) is 61.7 Å². The van der Waals surface area contributed by atoms with E-state index in [9.17, 15) is 10.1 Å². The van der Waals surface area contributed by atoms with Crippen molar-refractivity contribution >= 4 is 17.2 Å². The van der Waals surface area contributed by atoms with Crippen molar-refractivity contribution in [2.24, 2.45) is 5.92 Å². The summed E-state index contributed by atoms with van der Waals surface area (Å²) in [6, 6.07) is 6.47. The zero-order valence-corrected chi connectivity index (χ0v) is 22.5. The van der Waals surface area contributed by atoms with Crippen LogP contribution in [0, 0.1) is 17.2 Å². The lowest BCUT2D eigenvalue weighted by atomic mass is 9.88. The molecule has 4 aromatic rings. The van der Waals surface area contributed by atoms with Crippen molar-refractivity contribution in [2.75, 3.05) is 31.1 Å². The second-order valence-electron chi connectivity index (χ2n) is 10.8. The maximum atomic E-state index is 12.9. The Morgan fingerprint density at radius 1 is 0.974 bits per heavy atom. The summed E-state index contributed by atoms with van der Waals surface area (Å²) in [7, 11) is 0. The molecule has 1 amide bonds. The van der Waals surface area contributed by atoms with Crippen LogP contribution in [0.1, 0.15) is 57.6 Å². The average Bonchev–Trinajstić information content (AvgIpc) is 3.65. The van der Waals surface area contributed by atoms with Crippen molar-refractivity contribution in [3.63, 3.8) is 0 Å². The van der Waals surface area contributed by atoms with Gasteiger partial charge in [-0.3, -0.25) is 9.48 Å². The van der Waals surface area contributed by atoms with Crippen LogP contribution in [0.4, 0.5) is 5.82 Å². The quantitative estimate of drug-likeness (QED) is 0.383. The van der Waals surface area contributed by atoms with Crippen LogP contribution >= 0.6 is 0 Å². The Balaban J connectivity index is 1.24. The third-order valence-electron chi connectivity index (χ3n) is 7.93. The van der Waals surface area contributed by atoms with Gasteiger partial charge in [-0.15, -0.1) is 0 Å². The molecule has 1 aliphatic carbocycles. The number of pyridine rings is 1. The number of hydrogen-bond acceptors (Lipinski definition) is 7. The number of piperazine rings is 1. The van der Waals surface area contributed by atoms with Gasteiger partial charge in [0.25, 0.3) is 0 Å². The molecule has 0 N–H and O–H groups in total. The summed E-state index contributed by atoms with van der Waals surface area (Å²) >= 11 is 0. The normalized spacial score (nSPS) is 16.7. The zero-order chi connectivity index (χ0) is 26.9. The van der Waals surface area contributed by atoms with E-state index >= 15 is 0 Å². The number of hydrogen-bond donors (Lipinski definition) is 0. The van der Waals surface area contributed by atoms with Crippen LogP contribution in [0.25, 0.3) is 28.0 Å². The number of rotatable bonds is 5. The minimum atomic E-state index is 0.212. The summed E-state index contributed by atoms with van der Waals surface area (Å²) < 4.78 is 3.60. The molecule has 6 rings (SSSR count). The molecule has 1 saturated carbocycles. The Bertz CT molecular complexity index is 1510. The number of fused-ring (bicyclic) bond motifs is 1. The van der Waals surface area contributed by atoms with Crippen molar-refractivity contribution in [3.8, 4) is 28.6 Å². The second kappa shape index (κ2) is 10.5. The highest BCUT2D eigenvalue weighted by Crippen LogP contribution is 2.30. The number of nitriles is 1. The Kier molecular flexibility index (Phi) is 6.73. The highest BCUT2D eigenvalue weighted by Gasteiger charge is 2.29. The van der Waals surface area contributed by atoms with Crippen LogP contribution in [0.2, 0.25) is 0 Å². The fourth-order valence-corrected chi connectivity index (χ4v) is 5.67. The molecular weight excluding hydrogens is 490 g/mol. The number of carbonyl (C=O) groups is 1. The summed E-state index contributed by atoms with van der Waals surface area (Å²) in [5.74, 6) is 1.42. The van der Waals surface area contributed by atoms with Gasteiger partial charge < -0.3 is 9.80 Å². The summed E-state index contributed by atoms with van der Waals surface area (Å²) in [6.07, 6.45) is 14.7. The Morgan fingerprint density at radius 3 is 2.44 bits per heavy atom. The van der Waals surface area contributed by atoms with Crippen LogP contribution in [-0.4, -0.2) is 66.3 Å². The van der Waals surface area contributed by atoms with Gasteiger partial charge in [0.15, 0.2) is 0 Å². The molecule has 0 atom stereocenters. The lowest BCUT2D eigenvalue weighted by Crippen LogP contribution is -2.50. The third kappa shape index (κ3) is 4.85. The van der Waals surface area contributed by atoms with E-state index in [1.165, 1.54) is 19.3 Å².